The van der Waals surface area contributed by atoms with Gasteiger partial charge in [0.05, 0.1) is 17.6 Å². The third kappa shape index (κ3) is 5.36. The van der Waals surface area contributed by atoms with Crippen molar-refractivity contribution in [3.63, 3.8) is 0 Å². The number of hydrogen-bond acceptors (Lipinski definition) is 3. The van der Waals surface area contributed by atoms with Gasteiger partial charge in [0.25, 0.3) is 0 Å². The molecule has 0 aliphatic heterocycles. The van der Waals surface area contributed by atoms with Crippen LogP contribution in [0.3, 0.4) is 0 Å². The molecule has 1 amide bonds. The topological polar surface area (TPSA) is 64.3 Å². The van der Waals surface area contributed by atoms with Gasteiger partial charge in [-0.05, 0) is 65.4 Å². The third-order valence-electron chi connectivity index (χ3n) is 4.94. The van der Waals surface area contributed by atoms with Crippen molar-refractivity contribution < 1.29 is 9.53 Å². The molecule has 1 aromatic carbocycles. The van der Waals surface area contributed by atoms with Crippen LogP contribution in [-0.4, -0.2) is 19.6 Å². The Morgan fingerprint density at radius 2 is 2.04 bits per heavy atom. The molecule has 1 aliphatic carbocycles. The largest absolute Gasteiger partial charge is 0.496 e. The van der Waals surface area contributed by atoms with Crippen molar-refractivity contribution in [1.82, 2.24) is 5.32 Å². The van der Waals surface area contributed by atoms with Crippen molar-refractivity contribution >= 4 is 34.2 Å². The van der Waals surface area contributed by atoms with E-state index in [4.69, 9.17) is 10.5 Å². The summed E-state index contributed by atoms with van der Waals surface area (Å²) >= 11 is 3.49. The summed E-state index contributed by atoms with van der Waals surface area (Å²) in [5, 5.41) is 3.11. The zero-order valence-electron chi connectivity index (χ0n) is 14.4. The normalized spacial score (nSPS) is 17.5. The maximum atomic E-state index is 12.5. The molecule has 2 rings (SSSR count). The van der Waals surface area contributed by atoms with Crippen LogP contribution in [0.2, 0.25) is 0 Å². The molecule has 24 heavy (non-hydrogen) atoms. The minimum Gasteiger partial charge on any atom is -0.496 e. The summed E-state index contributed by atoms with van der Waals surface area (Å²) in [7, 11) is 1.64. The highest BCUT2D eigenvalue weighted by molar-refractivity contribution is 9.10. The Kier molecular flexibility index (Phi) is 8.54. The summed E-state index contributed by atoms with van der Waals surface area (Å²) in [5.74, 6) is 0.883. The van der Waals surface area contributed by atoms with Gasteiger partial charge >= 0.3 is 0 Å². The smallest absolute Gasteiger partial charge is 0.221 e. The molecule has 1 saturated carbocycles. The molecular formula is C18H28BrClN2O2. The number of nitrogens with two attached hydrogens (primary N) is 1. The molecule has 4 nitrogen and oxygen atoms in total. The average molecular weight is 420 g/mol. The Bertz CT molecular complexity index is 548. The van der Waals surface area contributed by atoms with Crippen LogP contribution in [0, 0.1) is 5.41 Å². The molecule has 1 fully saturated rings. The highest BCUT2D eigenvalue weighted by atomic mass is 79.9. The van der Waals surface area contributed by atoms with Crippen LogP contribution >= 0.6 is 28.3 Å². The standard InChI is InChI=1S/C18H27BrN2O2.ClH/c1-13(14-6-7-16(23-2)15(19)10-14)21-17(22)11-18(12-20)8-4-3-5-9-18;/h6-7,10,13H,3-5,8-9,11-12,20H2,1-2H3,(H,21,22);1H. The highest BCUT2D eigenvalue weighted by Crippen LogP contribution is 2.38. The van der Waals surface area contributed by atoms with Crippen molar-refractivity contribution in [2.45, 2.75) is 51.5 Å². The van der Waals surface area contributed by atoms with Crippen molar-refractivity contribution in [3.05, 3.63) is 28.2 Å². The van der Waals surface area contributed by atoms with E-state index in [0.717, 1.165) is 28.6 Å². The van der Waals surface area contributed by atoms with E-state index in [-0.39, 0.29) is 29.8 Å². The van der Waals surface area contributed by atoms with Crippen LogP contribution in [0.15, 0.2) is 22.7 Å². The van der Waals surface area contributed by atoms with Gasteiger partial charge in [-0.1, -0.05) is 25.3 Å². The number of hydrogen-bond donors (Lipinski definition) is 2. The quantitative estimate of drug-likeness (QED) is 0.720. The van der Waals surface area contributed by atoms with Crippen LogP contribution in [0.1, 0.15) is 57.1 Å². The number of halogens is 2. The van der Waals surface area contributed by atoms with E-state index >= 15 is 0 Å². The molecule has 0 spiro atoms. The Morgan fingerprint density at radius 1 is 1.38 bits per heavy atom. The number of amides is 1. The average Bonchev–Trinajstić information content (AvgIpc) is 2.55. The fourth-order valence-electron chi connectivity index (χ4n) is 3.42. The zero-order chi connectivity index (χ0) is 16.9. The lowest BCUT2D eigenvalue weighted by atomic mass is 9.71. The second-order valence-electron chi connectivity index (χ2n) is 6.62. The van der Waals surface area contributed by atoms with Crippen LogP contribution in [0.5, 0.6) is 5.75 Å². The predicted molar refractivity (Wildman–Crippen MR) is 104 cm³/mol. The lowest BCUT2D eigenvalue weighted by Crippen LogP contribution is -2.39. The van der Waals surface area contributed by atoms with E-state index in [2.05, 4.69) is 21.2 Å². The Hall–Kier alpha value is -0.780. The molecule has 0 bridgehead atoms. The van der Waals surface area contributed by atoms with E-state index in [1.165, 1.54) is 19.3 Å². The molecule has 0 radical (unpaired) electrons. The molecule has 1 atom stereocenters. The minimum absolute atomic E-state index is 0. The first kappa shape index (κ1) is 21.3. The van der Waals surface area contributed by atoms with E-state index in [1.807, 2.05) is 25.1 Å². The summed E-state index contributed by atoms with van der Waals surface area (Å²) in [4.78, 5) is 12.5. The van der Waals surface area contributed by atoms with Crippen molar-refractivity contribution in [2.24, 2.45) is 11.1 Å². The van der Waals surface area contributed by atoms with E-state index in [1.54, 1.807) is 7.11 Å². The van der Waals surface area contributed by atoms with Gasteiger partial charge in [0.15, 0.2) is 0 Å². The van der Waals surface area contributed by atoms with Gasteiger partial charge in [-0.15, -0.1) is 12.4 Å². The molecular weight excluding hydrogens is 392 g/mol. The minimum atomic E-state index is -0.0388. The third-order valence-corrected chi connectivity index (χ3v) is 5.56. The summed E-state index contributed by atoms with van der Waals surface area (Å²) in [6.07, 6.45) is 6.31. The number of methoxy groups -OCH3 is 1. The fraction of sp³-hybridized carbons (Fsp3) is 0.611. The second-order valence-corrected chi connectivity index (χ2v) is 7.48. The van der Waals surface area contributed by atoms with Gasteiger partial charge in [-0.3, -0.25) is 4.79 Å². The molecule has 1 unspecified atom stereocenters. The Labute approximate surface area is 159 Å². The van der Waals surface area contributed by atoms with Crippen LogP contribution in [0.4, 0.5) is 0 Å². The molecule has 0 heterocycles. The fourth-order valence-corrected chi connectivity index (χ4v) is 3.98. The van der Waals surface area contributed by atoms with Crippen molar-refractivity contribution in [1.29, 1.82) is 0 Å². The Balaban J connectivity index is 0.00000288. The van der Waals surface area contributed by atoms with Gasteiger partial charge in [0.2, 0.25) is 5.91 Å². The van der Waals surface area contributed by atoms with Gasteiger partial charge in [-0.25, -0.2) is 0 Å². The maximum Gasteiger partial charge on any atom is 0.221 e. The SMILES string of the molecule is COc1ccc(C(C)NC(=O)CC2(CN)CCCCC2)cc1Br.Cl. The number of carbonyl (C=O) groups is 1. The van der Waals surface area contributed by atoms with Crippen LogP contribution in [0.25, 0.3) is 0 Å². The maximum absolute atomic E-state index is 12.5. The van der Waals surface area contributed by atoms with Gasteiger partial charge in [0, 0.05) is 6.42 Å². The Morgan fingerprint density at radius 3 is 2.58 bits per heavy atom. The van der Waals surface area contributed by atoms with E-state index in [0.29, 0.717) is 13.0 Å². The number of nitrogens with one attached hydrogen (secondary N) is 1. The van der Waals surface area contributed by atoms with Crippen LogP contribution < -0.4 is 15.8 Å². The number of carbonyl (C=O) groups excluding carboxylic acids is 1. The van der Waals surface area contributed by atoms with Crippen molar-refractivity contribution in [3.8, 4) is 5.75 Å². The van der Waals surface area contributed by atoms with Gasteiger partial charge in [-0.2, -0.15) is 0 Å². The van der Waals surface area contributed by atoms with E-state index in [9.17, 15) is 4.79 Å². The monoisotopic (exact) mass is 418 g/mol. The first-order valence-electron chi connectivity index (χ1n) is 8.32. The second kappa shape index (κ2) is 9.64. The summed E-state index contributed by atoms with van der Waals surface area (Å²) in [6, 6.07) is 5.84. The molecule has 3 N–H and O–H groups in total. The first-order valence-corrected chi connectivity index (χ1v) is 9.12. The lowest BCUT2D eigenvalue weighted by Gasteiger charge is -2.36. The molecule has 1 aromatic rings. The highest BCUT2D eigenvalue weighted by Gasteiger charge is 2.33. The van der Waals surface area contributed by atoms with Crippen molar-refractivity contribution in [2.75, 3.05) is 13.7 Å². The summed E-state index contributed by atoms with van der Waals surface area (Å²) in [6.45, 7) is 2.60. The molecule has 136 valence electrons. The van der Waals surface area contributed by atoms with Crippen LogP contribution in [-0.2, 0) is 4.79 Å². The predicted octanol–water partition coefficient (Wildman–Crippen LogP) is 4.36. The zero-order valence-corrected chi connectivity index (χ0v) is 16.8. The molecule has 1 aliphatic rings. The van der Waals surface area contributed by atoms with Gasteiger partial charge in [0.1, 0.15) is 5.75 Å². The van der Waals surface area contributed by atoms with E-state index < -0.39 is 0 Å². The molecule has 6 heteroatoms. The number of rotatable bonds is 6. The van der Waals surface area contributed by atoms with Gasteiger partial charge < -0.3 is 15.8 Å². The first-order chi connectivity index (χ1) is 11.0. The summed E-state index contributed by atoms with van der Waals surface area (Å²) < 4.78 is 6.13. The molecule has 0 aromatic heterocycles. The number of ether oxygens (including phenoxy) is 1. The summed E-state index contributed by atoms with van der Waals surface area (Å²) in [5.41, 5.74) is 7.03. The number of benzene rings is 1. The molecule has 0 saturated heterocycles. The lowest BCUT2D eigenvalue weighted by molar-refractivity contribution is -0.124.